The maximum absolute atomic E-state index is 10.3. The molecule has 0 aliphatic rings. The first kappa shape index (κ1) is 26.7. The zero-order valence-corrected chi connectivity index (χ0v) is 22.5. The van der Waals surface area contributed by atoms with Crippen molar-refractivity contribution < 1.29 is 19.7 Å². The van der Waals surface area contributed by atoms with Gasteiger partial charge in [0.05, 0.1) is 19.8 Å². The molecule has 0 saturated heterocycles. The molecule has 7 nitrogen and oxygen atoms in total. The van der Waals surface area contributed by atoms with Gasteiger partial charge in [0.15, 0.2) is 0 Å². The van der Waals surface area contributed by atoms with Gasteiger partial charge in [-0.15, -0.1) is 16.7 Å². The molecule has 2 atom stereocenters. The molecule has 2 N–H and O–H groups in total. The third-order valence-electron chi connectivity index (χ3n) is 5.66. The smallest absolute Gasteiger partial charge is 0.125 e. The van der Waals surface area contributed by atoms with Crippen LogP contribution >= 0.6 is 34.2 Å². The number of halogens is 2. The fourth-order valence-corrected chi connectivity index (χ4v) is 4.04. The number of ether oxygens (including phenoxy) is 2. The molecule has 0 amide bonds. The van der Waals surface area contributed by atoms with Gasteiger partial charge in [0.1, 0.15) is 33.6 Å². The summed E-state index contributed by atoms with van der Waals surface area (Å²) in [6, 6.07) is 16.1. The van der Waals surface area contributed by atoms with E-state index in [1.54, 1.807) is 4.68 Å². The Kier molecular flexibility index (Phi) is 9.58. The molecule has 3 rings (SSSR count). The van der Waals surface area contributed by atoms with Crippen LogP contribution in [0, 0.1) is 9.62 Å². The van der Waals surface area contributed by atoms with Crippen molar-refractivity contribution in [3.63, 3.8) is 0 Å². The van der Waals surface area contributed by atoms with Crippen LogP contribution in [0.4, 0.5) is 0 Å². The molecule has 0 fully saturated rings. The van der Waals surface area contributed by atoms with Crippen molar-refractivity contribution >= 4 is 34.2 Å². The van der Waals surface area contributed by atoms with Gasteiger partial charge in [-0.3, -0.25) is 0 Å². The van der Waals surface area contributed by atoms with Crippen LogP contribution in [0.2, 0.25) is 0 Å². The monoisotopic (exact) mass is 595 g/mol. The van der Waals surface area contributed by atoms with Gasteiger partial charge in [-0.2, -0.15) is 0 Å². The molecule has 0 spiro atoms. The molecule has 0 aliphatic heterocycles. The average Bonchev–Trinajstić information content (AvgIpc) is 3.20. The Hall–Kier alpha value is -1.88. The predicted molar refractivity (Wildman–Crippen MR) is 141 cm³/mol. The third-order valence-corrected chi connectivity index (χ3v) is 7.37. The molecule has 3 aromatic rings. The zero-order valence-electron chi connectivity index (χ0n) is 19.6. The van der Waals surface area contributed by atoms with Crippen LogP contribution in [0.5, 0.6) is 11.5 Å². The molecule has 0 aliphatic carbocycles. The summed E-state index contributed by atoms with van der Waals surface area (Å²) in [4.78, 5) is 0. The van der Waals surface area contributed by atoms with Gasteiger partial charge in [0.25, 0.3) is 0 Å². The predicted octanol–water partition coefficient (Wildman–Crippen LogP) is 4.39. The minimum absolute atomic E-state index is 0.122. The highest BCUT2D eigenvalue weighted by atomic mass is 123. The molecule has 0 bridgehead atoms. The van der Waals surface area contributed by atoms with Crippen molar-refractivity contribution in [2.75, 3.05) is 19.1 Å². The fourth-order valence-electron chi connectivity index (χ4n) is 3.38. The summed E-state index contributed by atoms with van der Waals surface area (Å²) in [6.45, 7) is 7.20. The molecule has 184 valence electrons. The van der Waals surface area contributed by atoms with E-state index in [4.69, 9.17) is 21.1 Å². The zero-order chi connectivity index (χ0) is 24.7. The largest absolute Gasteiger partial charge is 0.493 e. The molecular weight excluding hydrogens is 565 g/mol. The van der Waals surface area contributed by atoms with E-state index >= 15 is 0 Å². The second kappa shape index (κ2) is 12.2. The van der Waals surface area contributed by atoms with Crippen molar-refractivity contribution in [2.24, 2.45) is 5.92 Å². The lowest BCUT2D eigenvalue weighted by atomic mass is 9.78. The van der Waals surface area contributed by atoms with E-state index in [0.29, 0.717) is 33.5 Å². The normalized spacial score (nSPS) is 13.5. The van der Waals surface area contributed by atoms with Crippen LogP contribution in [0.15, 0.2) is 48.5 Å². The summed E-state index contributed by atoms with van der Waals surface area (Å²) >= 11 is 7.90. The molecule has 1 heterocycles. The summed E-state index contributed by atoms with van der Waals surface area (Å²) in [5.74, 6) is 2.41. The number of hydrogen-bond donors (Lipinski definition) is 2. The van der Waals surface area contributed by atoms with Crippen LogP contribution in [-0.4, -0.2) is 50.4 Å². The van der Waals surface area contributed by atoms with Gasteiger partial charge >= 0.3 is 0 Å². The van der Waals surface area contributed by atoms with Gasteiger partial charge in [-0.1, -0.05) is 50.3 Å². The van der Waals surface area contributed by atoms with Crippen molar-refractivity contribution in [2.45, 2.75) is 45.4 Å². The highest BCUT2D eigenvalue weighted by molar-refractivity contribution is 14.1. The molecule has 0 radical (unpaired) electrons. The highest BCUT2D eigenvalue weighted by Crippen LogP contribution is 2.33. The topological polar surface area (TPSA) is 89.6 Å². The first-order valence-electron chi connectivity index (χ1n) is 11.1. The van der Waals surface area contributed by atoms with Gasteiger partial charge in [-0.05, 0) is 58.0 Å². The van der Waals surface area contributed by atoms with Crippen molar-refractivity contribution in [3.8, 4) is 11.5 Å². The van der Waals surface area contributed by atoms with Gasteiger partial charge < -0.3 is 19.7 Å². The Morgan fingerprint density at radius 2 is 1.53 bits per heavy atom. The summed E-state index contributed by atoms with van der Waals surface area (Å²) in [7, 11) is 0. The van der Waals surface area contributed by atoms with Crippen molar-refractivity contribution in [1.82, 2.24) is 15.0 Å². The van der Waals surface area contributed by atoms with Crippen molar-refractivity contribution in [3.05, 3.63) is 69.1 Å². The first-order valence-corrected chi connectivity index (χ1v) is 12.7. The average molecular weight is 596 g/mol. The van der Waals surface area contributed by atoms with Crippen molar-refractivity contribution in [1.29, 1.82) is 0 Å². The quantitative estimate of drug-likeness (QED) is 0.239. The van der Waals surface area contributed by atoms with Crippen LogP contribution in [0.1, 0.15) is 37.6 Å². The third kappa shape index (κ3) is 6.84. The van der Waals surface area contributed by atoms with E-state index in [2.05, 4.69) is 43.2 Å². The maximum Gasteiger partial charge on any atom is 0.125 e. The van der Waals surface area contributed by atoms with E-state index in [1.807, 2.05) is 59.0 Å². The number of aliphatic hydroxyl groups is 2. The Morgan fingerprint density at radius 3 is 2.00 bits per heavy atom. The second-order valence-corrected chi connectivity index (χ2v) is 10.2. The fraction of sp³-hybridized carbons (Fsp3) is 0.440. The van der Waals surface area contributed by atoms with E-state index in [1.165, 1.54) is 5.56 Å². The summed E-state index contributed by atoms with van der Waals surface area (Å²) in [5, 5.41) is 27.4. The lowest BCUT2D eigenvalue weighted by Crippen LogP contribution is -2.25. The van der Waals surface area contributed by atoms with Crippen LogP contribution < -0.4 is 9.47 Å². The first-order chi connectivity index (χ1) is 16.2. The van der Waals surface area contributed by atoms with Gasteiger partial charge in [0.2, 0.25) is 0 Å². The molecular formula is C25H31ClIN3O4. The van der Waals surface area contributed by atoms with Gasteiger partial charge in [-0.25, -0.2) is 4.68 Å². The van der Waals surface area contributed by atoms with Crippen LogP contribution in [0.3, 0.4) is 0 Å². The van der Waals surface area contributed by atoms with E-state index < -0.39 is 6.10 Å². The number of nitrogens with zero attached hydrogens (tertiary/aromatic N) is 3. The minimum atomic E-state index is -0.758. The van der Waals surface area contributed by atoms with E-state index in [-0.39, 0.29) is 25.2 Å². The number of rotatable bonds is 12. The molecule has 1 aromatic heterocycles. The Morgan fingerprint density at radius 1 is 1.00 bits per heavy atom. The Bertz CT molecular complexity index is 1040. The SMILES string of the molecule is C[C@@H](CCl)COc1ccc(C(C)(C)c2ccc(OC[C@@H](O)Cn3nnc(CO)c3[123I])cc2)cc1. The van der Waals surface area contributed by atoms with Gasteiger partial charge in [0, 0.05) is 17.2 Å². The molecule has 9 heteroatoms. The molecule has 2 aromatic carbocycles. The minimum Gasteiger partial charge on any atom is -0.493 e. The molecule has 0 saturated carbocycles. The number of hydrogen-bond acceptors (Lipinski definition) is 6. The number of benzene rings is 2. The Balaban J connectivity index is 1.56. The highest BCUT2D eigenvalue weighted by Gasteiger charge is 2.23. The maximum atomic E-state index is 10.3. The lowest BCUT2D eigenvalue weighted by Gasteiger charge is -2.26. The summed E-state index contributed by atoms with van der Waals surface area (Å²) in [6.07, 6.45) is -0.758. The standard InChI is InChI=1S/C25H31ClIN3O4/c1-17(12-26)15-33-21-8-4-18(5-9-21)25(2,3)19-6-10-22(11-7-19)34-16-20(32)13-30-24(27)23(14-31)28-29-30/h4-11,17,20,31-32H,12-16H2,1-3H3/t17-,20-/m0/s1/i27-4. The number of aliphatic hydroxyl groups excluding tert-OH is 2. The molecule has 0 unspecified atom stereocenters. The Labute approximate surface area is 219 Å². The molecule has 34 heavy (non-hydrogen) atoms. The number of aromatic nitrogens is 3. The number of alkyl halides is 1. The second-order valence-electron chi connectivity index (χ2n) is 8.88. The summed E-state index contributed by atoms with van der Waals surface area (Å²) in [5.41, 5.74) is 2.63. The lowest BCUT2D eigenvalue weighted by molar-refractivity contribution is 0.0881. The van der Waals surface area contributed by atoms with E-state index in [9.17, 15) is 10.2 Å². The van der Waals surface area contributed by atoms with Crippen LogP contribution in [0.25, 0.3) is 0 Å². The van der Waals surface area contributed by atoms with E-state index in [0.717, 1.165) is 11.3 Å². The van der Waals surface area contributed by atoms with Crippen LogP contribution in [-0.2, 0) is 18.6 Å². The summed E-state index contributed by atoms with van der Waals surface area (Å²) < 4.78 is 13.8.